The van der Waals surface area contributed by atoms with Crippen molar-refractivity contribution in [3.8, 4) is 11.5 Å². The van der Waals surface area contributed by atoms with Gasteiger partial charge in [-0.25, -0.2) is 0 Å². The van der Waals surface area contributed by atoms with Crippen molar-refractivity contribution >= 4 is 0 Å². The number of rotatable bonds is 7. The highest BCUT2D eigenvalue weighted by molar-refractivity contribution is 5.31. The van der Waals surface area contributed by atoms with E-state index in [4.69, 9.17) is 23.7 Å². The van der Waals surface area contributed by atoms with Gasteiger partial charge in [-0.3, -0.25) is 0 Å². The van der Waals surface area contributed by atoms with Gasteiger partial charge in [0.2, 0.25) is 6.29 Å². The summed E-state index contributed by atoms with van der Waals surface area (Å²) in [6, 6.07) is 6.35. The Balaban J connectivity index is 1.75. The molecule has 176 valence electrons. The molecule has 12 nitrogen and oxygen atoms in total. The van der Waals surface area contributed by atoms with E-state index in [1.807, 2.05) is 0 Å². The Bertz CT molecular complexity index is 685. The summed E-state index contributed by atoms with van der Waals surface area (Å²) >= 11 is 0. The smallest absolute Gasteiger partial charge is 0.229 e. The van der Waals surface area contributed by atoms with Crippen molar-refractivity contribution in [3.63, 3.8) is 0 Å². The van der Waals surface area contributed by atoms with Gasteiger partial charge in [-0.15, -0.1) is 0 Å². The molecule has 2 aliphatic heterocycles. The van der Waals surface area contributed by atoms with Crippen molar-refractivity contribution < 1.29 is 59.4 Å². The van der Waals surface area contributed by atoms with E-state index in [0.29, 0.717) is 11.5 Å². The Morgan fingerprint density at radius 3 is 1.84 bits per heavy atom. The molecule has 2 fully saturated rings. The van der Waals surface area contributed by atoms with Crippen LogP contribution in [-0.2, 0) is 14.2 Å². The third-order valence-corrected chi connectivity index (χ3v) is 5.27. The molecule has 0 unspecified atom stereocenters. The van der Waals surface area contributed by atoms with Crippen molar-refractivity contribution in [1.29, 1.82) is 0 Å². The first kappa shape index (κ1) is 24.1. The van der Waals surface area contributed by atoms with Crippen molar-refractivity contribution in [2.45, 2.75) is 61.4 Å². The molecule has 0 amide bonds. The van der Waals surface area contributed by atoms with Crippen LogP contribution in [0.5, 0.6) is 11.5 Å². The largest absolute Gasteiger partial charge is 0.497 e. The molecule has 0 aromatic heterocycles. The first-order valence-electron chi connectivity index (χ1n) is 9.69. The Kier molecular flexibility index (Phi) is 8.04. The highest BCUT2D eigenvalue weighted by Gasteiger charge is 2.51. The summed E-state index contributed by atoms with van der Waals surface area (Å²) < 4.78 is 26.9. The molecule has 1 aromatic carbocycles. The van der Waals surface area contributed by atoms with Crippen LogP contribution in [0.15, 0.2) is 24.3 Å². The van der Waals surface area contributed by atoms with Gasteiger partial charge in [0.05, 0.1) is 20.3 Å². The summed E-state index contributed by atoms with van der Waals surface area (Å²) in [6.45, 7) is -1.31. The highest BCUT2D eigenvalue weighted by atomic mass is 16.7. The van der Waals surface area contributed by atoms with Crippen LogP contribution < -0.4 is 9.47 Å². The van der Waals surface area contributed by atoms with E-state index >= 15 is 0 Å². The molecule has 0 aliphatic carbocycles. The van der Waals surface area contributed by atoms with Crippen molar-refractivity contribution in [2.24, 2.45) is 0 Å². The number of hydrogen-bond donors (Lipinski definition) is 7. The van der Waals surface area contributed by atoms with Crippen LogP contribution in [0.25, 0.3) is 0 Å². The molecule has 0 spiro atoms. The number of aliphatic hydroxyl groups is 7. The van der Waals surface area contributed by atoms with E-state index in [-0.39, 0.29) is 0 Å². The monoisotopic (exact) mass is 448 g/mol. The zero-order valence-electron chi connectivity index (χ0n) is 16.7. The van der Waals surface area contributed by atoms with E-state index < -0.39 is 74.6 Å². The summed E-state index contributed by atoms with van der Waals surface area (Å²) in [5.74, 6) is 0.870. The second kappa shape index (κ2) is 10.4. The normalized spacial score (nSPS) is 41.0. The molecule has 7 N–H and O–H groups in total. The molecule has 2 heterocycles. The molecular weight excluding hydrogens is 420 g/mol. The lowest BCUT2D eigenvalue weighted by atomic mass is 9.97. The lowest BCUT2D eigenvalue weighted by Gasteiger charge is -2.45. The Morgan fingerprint density at radius 1 is 0.710 bits per heavy atom. The third kappa shape index (κ3) is 5.09. The van der Waals surface area contributed by atoms with E-state index in [9.17, 15) is 35.7 Å². The first-order chi connectivity index (χ1) is 14.8. The minimum Gasteiger partial charge on any atom is -0.497 e. The average Bonchev–Trinajstić information content (AvgIpc) is 2.78. The fraction of sp³-hybridized carbons (Fsp3) is 0.684. The molecule has 2 aliphatic rings. The number of aliphatic hydroxyl groups excluding tert-OH is 7. The number of ether oxygens (including phenoxy) is 5. The fourth-order valence-corrected chi connectivity index (χ4v) is 3.43. The maximum Gasteiger partial charge on any atom is 0.229 e. The van der Waals surface area contributed by atoms with Crippen LogP contribution in [0, 0.1) is 0 Å². The van der Waals surface area contributed by atoms with Crippen LogP contribution in [0.3, 0.4) is 0 Å². The lowest BCUT2D eigenvalue weighted by Crippen LogP contribution is -2.65. The van der Waals surface area contributed by atoms with Gasteiger partial charge in [0.1, 0.15) is 60.3 Å². The molecule has 2 saturated heterocycles. The van der Waals surface area contributed by atoms with E-state index in [2.05, 4.69) is 0 Å². The quantitative estimate of drug-likeness (QED) is 0.220. The zero-order chi connectivity index (χ0) is 22.7. The maximum absolute atomic E-state index is 10.7. The predicted molar refractivity (Wildman–Crippen MR) is 100 cm³/mol. The van der Waals surface area contributed by atoms with Crippen molar-refractivity contribution in [3.05, 3.63) is 24.3 Å². The van der Waals surface area contributed by atoms with Crippen LogP contribution in [0.2, 0.25) is 0 Å². The van der Waals surface area contributed by atoms with E-state index in [1.165, 1.54) is 7.11 Å². The maximum atomic E-state index is 10.7. The fourth-order valence-electron chi connectivity index (χ4n) is 3.43. The second-order valence-corrected chi connectivity index (χ2v) is 7.30. The van der Waals surface area contributed by atoms with Crippen LogP contribution in [0.4, 0.5) is 0 Å². The molecular formula is C19H28O12. The van der Waals surface area contributed by atoms with Crippen molar-refractivity contribution in [1.82, 2.24) is 0 Å². The number of hydrogen-bond acceptors (Lipinski definition) is 12. The van der Waals surface area contributed by atoms with Crippen LogP contribution >= 0.6 is 0 Å². The standard InChI is InChI=1S/C19H28O12/c1-27-8-2-4-9(5-3-8)28-19-16(26)17(13(23)11(7-21)30-19)31-18-15(25)14(24)12(22)10(6-20)29-18/h2-5,10-26H,6-7H2,1H3/t10-,11-,12+,13+,14+,15-,16-,17+,18+,19-/m1/s1. The number of methoxy groups -OCH3 is 1. The van der Waals surface area contributed by atoms with E-state index in [0.717, 1.165) is 0 Å². The highest BCUT2D eigenvalue weighted by Crippen LogP contribution is 2.30. The molecule has 12 heteroatoms. The first-order valence-corrected chi connectivity index (χ1v) is 9.69. The van der Waals surface area contributed by atoms with Gasteiger partial charge in [0.15, 0.2) is 6.29 Å². The Hall–Kier alpha value is -1.58. The molecule has 0 saturated carbocycles. The van der Waals surface area contributed by atoms with Gasteiger partial charge in [-0.1, -0.05) is 0 Å². The molecule has 3 rings (SSSR count). The summed E-state index contributed by atoms with van der Waals surface area (Å²) in [7, 11) is 1.50. The molecule has 10 atom stereocenters. The van der Waals surface area contributed by atoms with Gasteiger partial charge in [0.25, 0.3) is 0 Å². The lowest BCUT2D eigenvalue weighted by molar-refractivity contribution is -0.352. The summed E-state index contributed by atoms with van der Waals surface area (Å²) in [5, 5.41) is 70.0. The Morgan fingerprint density at radius 2 is 1.26 bits per heavy atom. The minimum atomic E-state index is -1.74. The molecule has 1 aromatic rings. The summed E-state index contributed by atoms with van der Waals surface area (Å²) in [5.41, 5.74) is 0. The van der Waals surface area contributed by atoms with Gasteiger partial charge in [-0.05, 0) is 24.3 Å². The average molecular weight is 448 g/mol. The third-order valence-electron chi connectivity index (χ3n) is 5.27. The van der Waals surface area contributed by atoms with Crippen molar-refractivity contribution in [2.75, 3.05) is 20.3 Å². The predicted octanol–water partition coefficient (Wildman–Crippen LogP) is -3.30. The van der Waals surface area contributed by atoms with E-state index in [1.54, 1.807) is 24.3 Å². The minimum absolute atomic E-state index is 0.296. The molecule has 31 heavy (non-hydrogen) atoms. The number of benzene rings is 1. The SMILES string of the molecule is COc1ccc(O[C@@H]2O[C@H](CO)[C@H](O)[C@H](O[C@@H]3O[C@H](CO)[C@H](O)[C@H](O)[C@H]3O)[C@H]2O)cc1. The summed E-state index contributed by atoms with van der Waals surface area (Å²) in [6.07, 6.45) is -15.1. The second-order valence-electron chi connectivity index (χ2n) is 7.30. The van der Waals surface area contributed by atoms with Gasteiger partial charge < -0.3 is 59.4 Å². The van der Waals surface area contributed by atoms with Crippen LogP contribution in [0.1, 0.15) is 0 Å². The zero-order valence-corrected chi connectivity index (χ0v) is 16.7. The topological polar surface area (TPSA) is 188 Å². The molecule has 0 bridgehead atoms. The summed E-state index contributed by atoms with van der Waals surface area (Å²) in [4.78, 5) is 0. The van der Waals surface area contributed by atoms with Gasteiger partial charge in [0, 0.05) is 0 Å². The van der Waals surface area contributed by atoms with Gasteiger partial charge in [-0.2, -0.15) is 0 Å². The van der Waals surface area contributed by atoms with Gasteiger partial charge >= 0.3 is 0 Å². The molecule has 0 radical (unpaired) electrons. The Labute approximate surface area is 177 Å². The van der Waals surface area contributed by atoms with Crippen LogP contribution in [-0.4, -0.2) is 117 Å².